The number of carbonyl (C=O) groups excluding carboxylic acids is 1. The van der Waals surface area contributed by atoms with E-state index in [1.807, 2.05) is 30.3 Å². The lowest BCUT2D eigenvalue weighted by atomic mass is 9.98. The Morgan fingerprint density at radius 1 is 1.42 bits per heavy atom. The number of rotatable bonds is 8. The summed E-state index contributed by atoms with van der Waals surface area (Å²) in [6, 6.07) is 9.72. The normalized spacial score (nSPS) is 11.8. The lowest BCUT2D eigenvalue weighted by Crippen LogP contribution is -2.39. The standard InChI is InChI=1S/C14H20N2O2S/c1-18-9-5-8-16-14(17)12(13(15)19)10-11-6-3-2-4-7-11/h2-4,6-7,12H,5,8-10H2,1H3,(H2,15,19)(H,16,17). The van der Waals surface area contributed by atoms with Crippen LogP contribution in [0.15, 0.2) is 30.3 Å². The maximum absolute atomic E-state index is 12.0. The van der Waals surface area contributed by atoms with Crippen molar-refractivity contribution < 1.29 is 9.53 Å². The fraction of sp³-hybridized carbons (Fsp3) is 0.429. The molecule has 0 aliphatic heterocycles. The van der Waals surface area contributed by atoms with E-state index < -0.39 is 5.92 Å². The predicted octanol–water partition coefficient (Wildman–Crippen LogP) is 1.28. The molecule has 0 bridgehead atoms. The van der Waals surface area contributed by atoms with Gasteiger partial charge in [-0.15, -0.1) is 0 Å². The molecule has 3 N–H and O–H groups in total. The SMILES string of the molecule is COCCCNC(=O)C(Cc1ccccc1)C(N)=S. The van der Waals surface area contributed by atoms with E-state index in [9.17, 15) is 4.79 Å². The van der Waals surface area contributed by atoms with E-state index in [0.29, 0.717) is 19.6 Å². The molecule has 5 heteroatoms. The summed E-state index contributed by atoms with van der Waals surface area (Å²) in [6.45, 7) is 1.19. The number of nitrogens with one attached hydrogen (secondary N) is 1. The fourth-order valence-electron chi connectivity index (χ4n) is 1.72. The highest BCUT2D eigenvalue weighted by Gasteiger charge is 2.21. The second-order valence-electron chi connectivity index (χ2n) is 4.28. The van der Waals surface area contributed by atoms with Crippen molar-refractivity contribution in [2.75, 3.05) is 20.3 Å². The summed E-state index contributed by atoms with van der Waals surface area (Å²) < 4.78 is 4.93. The predicted molar refractivity (Wildman–Crippen MR) is 79.9 cm³/mol. The molecule has 104 valence electrons. The van der Waals surface area contributed by atoms with E-state index in [2.05, 4.69) is 5.32 Å². The van der Waals surface area contributed by atoms with E-state index in [1.54, 1.807) is 7.11 Å². The van der Waals surface area contributed by atoms with Crippen LogP contribution in [-0.2, 0) is 16.0 Å². The number of hydrogen-bond acceptors (Lipinski definition) is 3. The topological polar surface area (TPSA) is 64.3 Å². The quantitative estimate of drug-likeness (QED) is 0.556. The smallest absolute Gasteiger partial charge is 0.230 e. The Labute approximate surface area is 119 Å². The summed E-state index contributed by atoms with van der Waals surface area (Å²) in [4.78, 5) is 12.3. The molecule has 0 aliphatic carbocycles. The Hall–Kier alpha value is -1.46. The minimum atomic E-state index is -0.458. The van der Waals surface area contributed by atoms with Gasteiger partial charge < -0.3 is 15.8 Å². The molecule has 0 aromatic heterocycles. The van der Waals surface area contributed by atoms with Gasteiger partial charge in [0, 0.05) is 20.3 Å². The molecule has 1 amide bonds. The number of thiocarbonyl (C=S) groups is 1. The summed E-state index contributed by atoms with van der Waals surface area (Å²) in [5.74, 6) is -0.576. The first-order valence-corrected chi connectivity index (χ1v) is 6.66. The van der Waals surface area contributed by atoms with Crippen LogP contribution >= 0.6 is 12.2 Å². The first kappa shape index (κ1) is 15.6. The molecule has 0 saturated heterocycles. The van der Waals surface area contributed by atoms with Crippen LogP contribution in [0.2, 0.25) is 0 Å². The Bertz CT molecular complexity index is 409. The van der Waals surface area contributed by atoms with Crippen LogP contribution < -0.4 is 11.1 Å². The molecule has 0 heterocycles. The maximum atomic E-state index is 12.0. The average Bonchev–Trinajstić information content (AvgIpc) is 2.41. The van der Waals surface area contributed by atoms with Gasteiger partial charge in [0.05, 0.1) is 10.9 Å². The monoisotopic (exact) mass is 280 g/mol. The third-order valence-electron chi connectivity index (χ3n) is 2.77. The van der Waals surface area contributed by atoms with Crippen LogP contribution in [0, 0.1) is 5.92 Å². The lowest BCUT2D eigenvalue weighted by molar-refractivity contribution is -0.123. The molecule has 19 heavy (non-hydrogen) atoms. The third-order valence-corrected chi connectivity index (χ3v) is 3.05. The van der Waals surface area contributed by atoms with Gasteiger partial charge in [0.2, 0.25) is 5.91 Å². The van der Waals surface area contributed by atoms with Crippen molar-refractivity contribution in [3.63, 3.8) is 0 Å². The van der Waals surface area contributed by atoms with Crippen LogP contribution in [0.4, 0.5) is 0 Å². The lowest BCUT2D eigenvalue weighted by Gasteiger charge is -2.15. The van der Waals surface area contributed by atoms with Crippen molar-refractivity contribution in [3.05, 3.63) is 35.9 Å². The number of methoxy groups -OCH3 is 1. The van der Waals surface area contributed by atoms with Crippen LogP contribution in [0.25, 0.3) is 0 Å². The van der Waals surface area contributed by atoms with Crippen molar-refractivity contribution >= 4 is 23.1 Å². The average molecular weight is 280 g/mol. The molecular weight excluding hydrogens is 260 g/mol. The number of amides is 1. The molecule has 0 spiro atoms. The first-order chi connectivity index (χ1) is 9.15. The number of benzene rings is 1. The van der Waals surface area contributed by atoms with E-state index in [4.69, 9.17) is 22.7 Å². The largest absolute Gasteiger partial charge is 0.393 e. The van der Waals surface area contributed by atoms with Gasteiger partial charge in [-0.05, 0) is 18.4 Å². The van der Waals surface area contributed by atoms with Gasteiger partial charge in [-0.25, -0.2) is 0 Å². The van der Waals surface area contributed by atoms with Crippen molar-refractivity contribution in [2.45, 2.75) is 12.8 Å². The highest BCUT2D eigenvalue weighted by atomic mass is 32.1. The zero-order valence-corrected chi connectivity index (χ0v) is 11.9. The Kier molecular flexibility index (Phi) is 7.07. The van der Waals surface area contributed by atoms with E-state index in [1.165, 1.54) is 0 Å². The number of ether oxygens (including phenoxy) is 1. The fourth-order valence-corrected chi connectivity index (χ4v) is 1.91. The van der Waals surface area contributed by atoms with Gasteiger partial charge in [-0.3, -0.25) is 4.79 Å². The summed E-state index contributed by atoms with van der Waals surface area (Å²) in [7, 11) is 1.63. The van der Waals surface area contributed by atoms with Gasteiger partial charge in [0.1, 0.15) is 0 Å². The summed E-state index contributed by atoms with van der Waals surface area (Å²) in [5.41, 5.74) is 6.71. The van der Waals surface area contributed by atoms with Gasteiger partial charge in [-0.2, -0.15) is 0 Å². The molecule has 4 nitrogen and oxygen atoms in total. The van der Waals surface area contributed by atoms with Crippen LogP contribution in [0.1, 0.15) is 12.0 Å². The van der Waals surface area contributed by atoms with Gasteiger partial charge in [-0.1, -0.05) is 42.5 Å². The molecule has 1 rings (SSSR count). The molecule has 1 aromatic carbocycles. The van der Waals surface area contributed by atoms with E-state index in [0.717, 1.165) is 12.0 Å². The first-order valence-electron chi connectivity index (χ1n) is 6.25. The van der Waals surface area contributed by atoms with Gasteiger partial charge in [0.15, 0.2) is 0 Å². The zero-order chi connectivity index (χ0) is 14.1. The molecule has 1 unspecified atom stereocenters. The van der Waals surface area contributed by atoms with Crippen molar-refractivity contribution in [1.29, 1.82) is 0 Å². The molecule has 0 radical (unpaired) electrons. The molecule has 0 aliphatic rings. The summed E-state index contributed by atoms with van der Waals surface area (Å²) >= 11 is 4.99. The second kappa shape index (κ2) is 8.61. The van der Waals surface area contributed by atoms with Crippen LogP contribution in [-0.4, -0.2) is 31.2 Å². The zero-order valence-electron chi connectivity index (χ0n) is 11.1. The molecule has 1 aromatic rings. The number of hydrogen-bond donors (Lipinski definition) is 2. The molecular formula is C14H20N2O2S. The second-order valence-corrected chi connectivity index (χ2v) is 4.75. The Morgan fingerprint density at radius 3 is 2.68 bits per heavy atom. The molecule has 0 fully saturated rings. The van der Waals surface area contributed by atoms with Crippen molar-refractivity contribution in [1.82, 2.24) is 5.32 Å². The Morgan fingerprint density at radius 2 is 2.11 bits per heavy atom. The summed E-state index contributed by atoms with van der Waals surface area (Å²) in [5, 5.41) is 2.83. The van der Waals surface area contributed by atoms with E-state index >= 15 is 0 Å². The van der Waals surface area contributed by atoms with Crippen molar-refractivity contribution in [3.8, 4) is 0 Å². The van der Waals surface area contributed by atoms with Gasteiger partial charge >= 0.3 is 0 Å². The molecule has 1 atom stereocenters. The maximum Gasteiger partial charge on any atom is 0.230 e. The number of nitrogens with two attached hydrogens (primary N) is 1. The van der Waals surface area contributed by atoms with E-state index in [-0.39, 0.29) is 10.9 Å². The minimum absolute atomic E-state index is 0.118. The highest BCUT2D eigenvalue weighted by Crippen LogP contribution is 2.09. The number of carbonyl (C=O) groups is 1. The minimum Gasteiger partial charge on any atom is -0.393 e. The highest BCUT2D eigenvalue weighted by molar-refractivity contribution is 7.80. The Balaban J connectivity index is 2.52. The van der Waals surface area contributed by atoms with Crippen LogP contribution in [0.3, 0.4) is 0 Å². The van der Waals surface area contributed by atoms with Gasteiger partial charge in [0.25, 0.3) is 0 Å². The molecule has 0 saturated carbocycles. The van der Waals surface area contributed by atoms with Crippen molar-refractivity contribution in [2.24, 2.45) is 11.7 Å². The van der Waals surface area contributed by atoms with Crippen LogP contribution in [0.5, 0.6) is 0 Å². The third kappa shape index (κ3) is 5.81. The summed E-state index contributed by atoms with van der Waals surface area (Å²) in [6.07, 6.45) is 1.31.